The van der Waals surface area contributed by atoms with Gasteiger partial charge in [-0.15, -0.1) is 0 Å². The molecular formula is C4H10IO3P. The van der Waals surface area contributed by atoms with Crippen LogP contribution in [0, 0.1) is 0 Å². The molecule has 5 heteroatoms. The SMILES string of the molecule is CCCC(I)P(=O)(O)O. The predicted octanol–water partition coefficient (Wildman–Crippen LogP) is 1.73. The van der Waals surface area contributed by atoms with Crippen LogP contribution in [0.2, 0.25) is 0 Å². The summed E-state index contributed by atoms with van der Waals surface area (Å²) in [6, 6.07) is 0. The first-order valence-electron chi connectivity index (χ1n) is 2.67. The molecule has 0 spiro atoms. The standard InChI is InChI=1S/C4H10IO3P/c1-2-3-4(5)9(6,7)8/h4H,2-3H2,1H3,(H2,6,7,8). The van der Waals surface area contributed by atoms with Crippen LogP contribution in [0.15, 0.2) is 0 Å². The van der Waals surface area contributed by atoms with Gasteiger partial charge in [-0.1, -0.05) is 35.9 Å². The van der Waals surface area contributed by atoms with Crippen LogP contribution in [-0.4, -0.2) is 13.5 Å². The zero-order valence-electron chi connectivity index (χ0n) is 5.12. The van der Waals surface area contributed by atoms with Gasteiger partial charge in [0, 0.05) is 0 Å². The molecule has 0 aliphatic carbocycles. The van der Waals surface area contributed by atoms with E-state index in [2.05, 4.69) is 0 Å². The lowest BCUT2D eigenvalue weighted by molar-refractivity contribution is 0.369. The van der Waals surface area contributed by atoms with Crippen molar-refractivity contribution in [3.63, 3.8) is 0 Å². The molecule has 0 radical (unpaired) electrons. The van der Waals surface area contributed by atoms with Crippen molar-refractivity contribution in [2.24, 2.45) is 0 Å². The van der Waals surface area contributed by atoms with Crippen LogP contribution in [0.3, 0.4) is 0 Å². The summed E-state index contributed by atoms with van der Waals surface area (Å²) < 4.78 is 9.91. The van der Waals surface area contributed by atoms with Crippen molar-refractivity contribution in [2.75, 3.05) is 0 Å². The molecule has 1 atom stereocenters. The first-order chi connectivity index (χ1) is 3.98. The van der Waals surface area contributed by atoms with E-state index in [1.54, 1.807) is 22.6 Å². The fourth-order valence-corrected chi connectivity index (χ4v) is 1.62. The summed E-state index contributed by atoms with van der Waals surface area (Å²) in [7, 11) is -3.79. The topological polar surface area (TPSA) is 57.5 Å². The molecule has 0 aromatic carbocycles. The summed E-state index contributed by atoms with van der Waals surface area (Å²) in [5.74, 6) is 0. The average Bonchev–Trinajstić information content (AvgIpc) is 1.64. The Labute approximate surface area is 68.1 Å². The van der Waals surface area contributed by atoms with Crippen LogP contribution in [0.25, 0.3) is 0 Å². The van der Waals surface area contributed by atoms with E-state index in [1.165, 1.54) is 0 Å². The van der Waals surface area contributed by atoms with Crippen LogP contribution in [0.5, 0.6) is 0 Å². The Morgan fingerprint density at radius 3 is 2.22 bits per heavy atom. The van der Waals surface area contributed by atoms with Gasteiger partial charge in [-0.05, 0) is 6.42 Å². The maximum absolute atomic E-state index is 10.4. The second-order valence-corrected chi connectivity index (χ2v) is 6.10. The maximum Gasteiger partial charge on any atom is 0.338 e. The molecule has 56 valence electrons. The minimum absolute atomic E-state index is 0.500. The van der Waals surface area contributed by atoms with Gasteiger partial charge in [0.1, 0.15) is 3.67 Å². The van der Waals surface area contributed by atoms with Crippen molar-refractivity contribution in [1.82, 2.24) is 0 Å². The van der Waals surface area contributed by atoms with Crippen LogP contribution in [0.1, 0.15) is 19.8 Å². The van der Waals surface area contributed by atoms with E-state index in [4.69, 9.17) is 9.79 Å². The van der Waals surface area contributed by atoms with Crippen molar-refractivity contribution in [3.8, 4) is 0 Å². The molecular weight excluding hydrogens is 254 g/mol. The van der Waals surface area contributed by atoms with E-state index < -0.39 is 11.3 Å². The molecule has 0 aromatic heterocycles. The van der Waals surface area contributed by atoms with Crippen LogP contribution >= 0.6 is 30.2 Å². The van der Waals surface area contributed by atoms with Crippen molar-refractivity contribution in [1.29, 1.82) is 0 Å². The van der Waals surface area contributed by atoms with Gasteiger partial charge in [-0.25, -0.2) is 0 Å². The summed E-state index contributed by atoms with van der Waals surface area (Å²) in [5, 5.41) is 0. The maximum atomic E-state index is 10.4. The third-order valence-corrected chi connectivity index (χ3v) is 4.68. The second kappa shape index (κ2) is 3.91. The molecule has 2 N–H and O–H groups in total. The molecule has 0 heterocycles. The molecule has 0 amide bonds. The lowest BCUT2D eigenvalue weighted by Gasteiger charge is -2.08. The summed E-state index contributed by atoms with van der Waals surface area (Å²) in [4.78, 5) is 17.0. The minimum Gasteiger partial charge on any atom is -0.324 e. The van der Waals surface area contributed by atoms with Crippen molar-refractivity contribution >= 4 is 30.2 Å². The number of hydrogen-bond donors (Lipinski definition) is 2. The van der Waals surface area contributed by atoms with Gasteiger partial charge in [0.25, 0.3) is 0 Å². The third-order valence-electron chi connectivity index (χ3n) is 0.892. The highest BCUT2D eigenvalue weighted by Crippen LogP contribution is 2.46. The highest BCUT2D eigenvalue weighted by Gasteiger charge is 2.23. The second-order valence-electron chi connectivity index (χ2n) is 1.81. The zero-order valence-corrected chi connectivity index (χ0v) is 8.17. The molecule has 0 aromatic rings. The van der Waals surface area contributed by atoms with Crippen molar-refractivity contribution < 1.29 is 14.4 Å². The first kappa shape index (κ1) is 9.88. The number of rotatable bonds is 3. The Bertz CT molecular complexity index is 121. The Hall–Kier alpha value is 0.880. The number of alkyl halides is 1. The molecule has 0 aliphatic rings. The average molecular weight is 264 g/mol. The highest BCUT2D eigenvalue weighted by atomic mass is 127. The molecule has 0 fully saturated rings. The van der Waals surface area contributed by atoms with Gasteiger partial charge < -0.3 is 9.79 Å². The molecule has 3 nitrogen and oxygen atoms in total. The van der Waals surface area contributed by atoms with Gasteiger partial charge in [0.2, 0.25) is 0 Å². The smallest absolute Gasteiger partial charge is 0.324 e. The van der Waals surface area contributed by atoms with Crippen molar-refractivity contribution in [3.05, 3.63) is 0 Å². The van der Waals surface area contributed by atoms with E-state index in [0.717, 1.165) is 6.42 Å². The fraction of sp³-hybridized carbons (Fsp3) is 1.00. The van der Waals surface area contributed by atoms with Gasteiger partial charge >= 0.3 is 7.60 Å². The van der Waals surface area contributed by atoms with E-state index in [-0.39, 0.29) is 0 Å². The Kier molecular flexibility index (Phi) is 4.29. The van der Waals surface area contributed by atoms with Crippen LogP contribution in [-0.2, 0) is 4.57 Å². The quantitative estimate of drug-likeness (QED) is 0.463. The van der Waals surface area contributed by atoms with Gasteiger partial charge in [0.05, 0.1) is 0 Å². The molecule has 0 rings (SSSR count). The Morgan fingerprint density at radius 1 is 1.67 bits per heavy atom. The van der Waals surface area contributed by atoms with E-state index >= 15 is 0 Å². The largest absolute Gasteiger partial charge is 0.338 e. The van der Waals surface area contributed by atoms with E-state index in [0.29, 0.717) is 6.42 Å². The van der Waals surface area contributed by atoms with Crippen molar-refractivity contribution in [2.45, 2.75) is 23.4 Å². The molecule has 1 unspecified atom stereocenters. The first-order valence-corrected chi connectivity index (χ1v) is 5.60. The monoisotopic (exact) mass is 264 g/mol. The Balaban J connectivity index is 3.74. The van der Waals surface area contributed by atoms with Gasteiger partial charge in [-0.3, -0.25) is 4.57 Å². The number of halogens is 1. The molecule has 9 heavy (non-hydrogen) atoms. The fourth-order valence-electron chi connectivity index (χ4n) is 0.406. The minimum atomic E-state index is -3.79. The summed E-state index contributed by atoms with van der Waals surface area (Å²) in [5.41, 5.74) is 0. The summed E-state index contributed by atoms with van der Waals surface area (Å²) in [6.45, 7) is 1.90. The van der Waals surface area contributed by atoms with E-state index in [9.17, 15) is 4.57 Å². The molecule has 0 saturated heterocycles. The number of hydrogen-bond acceptors (Lipinski definition) is 1. The molecule has 0 aliphatic heterocycles. The lowest BCUT2D eigenvalue weighted by Crippen LogP contribution is -1.96. The summed E-state index contributed by atoms with van der Waals surface area (Å²) >= 11 is 1.79. The van der Waals surface area contributed by atoms with Crippen LogP contribution in [0.4, 0.5) is 0 Å². The van der Waals surface area contributed by atoms with Crippen LogP contribution < -0.4 is 0 Å². The lowest BCUT2D eigenvalue weighted by atomic mass is 10.4. The summed E-state index contributed by atoms with van der Waals surface area (Å²) in [6.07, 6.45) is 1.41. The Morgan fingerprint density at radius 2 is 2.11 bits per heavy atom. The zero-order chi connectivity index (χ0) is 7.49. The third kappa shape index (κ3) is 4.31. The predicted molar refractivity (Wildman–Crippen MR) is 44.8 cm³/mol. The van der Waals surface area contributed by atoms with Gasteiger partial charge in [0.15, 0.2) is 0 Å². The van der Waals surface area contributed by atoms with E-state index in [1.807, 2.05) is 6.92 Å². The molecule has 0 saturated carbocycles. The normalized spacial score (nSPS) is 15.6. The highest BCUT2D eigenvalue weighted by molar-refractivity contribution is 14.1. The van der Waals surface area contributed by atoms with Gasteiger partial charge in [-0.2, -0.15) is 0 Å². The molecule has 0 bridgehead atoms.